The van der Waals surface area contributed by atoms with Crippen LogP contribution in [0.15, 0.2) is 77.7 Å². The molecule has 0 saturated carbocycles. The molecule has 0 aliphatic heterocycles. The molecular formula is C32H31F3N4O4. The van der Waals surface area contributed by atoms with Crippen LogP contribution in [0.25, 0.3) is 16.5 Å². The van der Waals surface area contributed by atoms with Gasteiger partial charge >= 0.3 is 11.9 Å². The Bertz CT molecular complexity index is 1800. The standard InChI is InChI=1S/C32H31F3N4O4/c1-5-38-28(19-41-18-23-9-7-6-8-10-23)37-39(31(38)40)25-16-24-13-14-36-30(43-26-15-20(2)11-12-21(26)3)29(24)27(17-25)42-22(4)32(33,34)35/h6-17,22H,5,18-19H2,1-4H3/t22-/m0/s1. The van der Waals surface area contributed by atoms with Gasteiger partial charge in [-0.25, -0.2) is 9.78 Å². The van der Waals surface area contributed by atoms with Crippen molar-refractivity contribution >= 4 is 10.8 Å². The molecule has 0 amide bonds. The lowest BCUT2D eigenvalue weighted by atomic mass is 10.1. The molecule has 8 nitrogen and oxygen atoms in total. The van der Waals surface area contributed by atoms with Crippen LogP contribution in [0.1, 0.15) is 36.4 Å². The topological polar surface area (TPSA) is 80.4 Å². The molecule has 0 aliphatic rings. The normalized spacial score (nSPS) is 12.4. The van der Waals surface area contributed by atoms with Gasteiger partial charge in [0.1, 0.15) is 18.1 Å². The highest BCUT2D eigenvalue weighted by molar-refractivity contribution is 5.94. The second-order valence-electron chi connectivity index (χ2n) is 10.2. The van der Waals surface area contributed by atoms with Crippen molar-refractivity contribution in [2.24, 2.45) is 0 Å². The first-order valence-electron chi connectivity index (χ1n) is 13.8. The number of aryl methyl sites for hydroxylation is 2. The number of pyridine rings is 1. The Kier molecular flexibility index (Phi) is 8.54. The fourth-order valence-electron chi connectivity index (χ4n) is 4.57. The van der Waals surface area contributed by atoms with E-state index >= 15 is 0 Å². The van der Waals surface area contributed by atoms with Gasteiger partial charge in [0, 0.05) is 18.8 Å². The van der Waals surface area contributed by atoms with Crippen LogP contribution in [0.4, 0.5) is 13.2 Å². The van der Waals surface area contributed by atoms with E-state index in [-0.39, 0.29) is 29.3 Å². The van der Waals surface area contributed by atoms with Crippen LogP contribution in [0.3, 0.4) is 0 Å². The number of aromatic nitrogens is 4. The van der Waals surface area contributed by atoms with E-state index in [2.05, 4.69) is 10.1 Å². The Balaban J connectivity index is 1.58. The maximum atomic E-state index is 13.7. The van der Waals surface area contributed by atoms with Gasteiger partial charge < -0.3 is 14.2 Å². The monoisotopic (exact) mass is 592 g/mol. The highest BCUT2D eigenvalue weighted by atomic mass is 19.4. The Hall–Kier alpha value is -4.64. The average Bonchev–Trinajstić information content (AvgIpc) is 3.29. The van der Waals surface area contributed by atoms with Crippen LogP contribution >= 0.6 is 0 Å². The third kappa shape index (κ3) is 6.56. The number of hydrogen-bond acceptors (Lipinski definition) is 6. The SMILES string of the molecule is CCn1c(COCc2ccccc2)nn(-c2cc(O[C@@H](C)C(F)(F)F)c3c(Oc4cc(C)ccc4C)nccc3c2)c1=O. The summed E-state index contributed by atoms with van der Waals surface area (Å²) in [7, 11) is 0. The van der Waals surface area contributed by atoms with Crippen molar-refractivity contribution in [2.75, 3.05) is 0 Å². The van der Waals surface area contributed by atoms with E-state index in [1.165, 1.54) is 16.8 Å². The summed E-state index contributed by atoms with van der Waals surface area (Å²) in [6.07, 6.45) is -5.30. The van der Waals surface area contributed by atoms with Crippen molar-refractivity contribution in [3.8, 4) is 23.1 Å². The molecule has 224 valence electrons. The average molecular weight is 593 g/mol. The number of ether oxygens (including phenoxy) is 3. The van der Waals surface area contributed by atoms with Gasteiger partial charge in [0.2, 0.25) is 5.88 Å². The highest BCUT2D eigenvalue weighted by Gasteiger charge is 2.38. The van der Waals surface area contributed by atoms with Crippen molar-refractivity contribution in [1.29, 1.82) is 0 Å². The molecule has 0 spiro atoms. The van der Waals surface area contributed by atoms with Crippen LogP contribution in [0.2, 0.25) is 0 Å². The molecule has 0 aliphatic carbocycles. The molecule has 43 heavy (non-hydrogen) atoms. The zero-order valence-corrected chi connectivity index (χ0v) is 24.2. The van der Waals surface area contributed by atoms with Crippen LogP contribution < -0.4 is 15.2 Å². The summed E-state index contributed by atoms with van der Waals surface area (Å²) < 4.78 is 61.0. The molecule has 0 bridgehead atoms. The molecule has 0 N–H and O–H groups in total. The van der Waals surface area contributed by atoms with E-state index in [0.29, 0.717) is 30.1 Å². The van der Waals surface area contributed by atoms with Crippen molar-refractivity contribution in [3.05, 3.63) is 106 Å². The Morgan fingerprint density at radius 3 is 2.44 bits per heavy atom. The maximum Gasteiger partial charge on any atom is 0.425 e. The summed E-state index contributed by atoms with van der Waals surface area (Å²) in [5, 5.41) is 5.18. The van der Waals surface area contributed by atoms with E-state index in [4.69, 9.17) is 14.2 Å². The lowest BCUT2D eigenvalue weighted by molar-refractivity contribution is -0.189. The second kappa shape index (κ2) is 12.3. The van der Waals surface area contributed by atoms with E-state index in [9.17, 15) is 18.0 Å². The summed E-state index contributed by atoms with van der Waals surface area (Å²) in [5.74, 6) is 0.814. The molecule has 5 aromatic rings. The van der Waals surface area contributed by atoms with Crippen LogP contribution in [-0.2, 0) is 24.5 Å². The number of fused-ring (bicyclic) bond motifs is 1. The Morgan fingerprint density at radius 1 is 0.953 bits per heavy atom. The van der Waals surface area contributed by atoms with E-state index in [0.717, 1.165) is 28.3 Å². The summed E-state index contributed by atoms with van der Waals surface area (Å²) in [6.45, 7) is 7.19. The Labute approximate surface area is 246 Å². The lowest BCUT2D eigenvalue weighted by Crippen LogP contribution is -2.31. The van der Waals surface area contributed by atoms with E-state index in [1.807, 2.05) is 62.4 Å². The van der Waals surface area contributed by atoms with Gasteiger partial charge in [0.25, 0.3) is 0 Å². The quantitative estimate of drug-likeness (QED) is 0.173. The van der Waals surface area contributed by atoms with Gasteiger partial charge in [-0.1, -0.05) is 42.5 Å². The van der Waals surface area contributed by atoms with Gasteiger partial charge in [0.05, 0.1) is 17.7 Å². The molecule has 0 radical (unpaired) electrons. The third-order valence-corrected chi connectivity index (χ3v) is 6.93. The minimum Gasteiger partial charge on any atom is -0.480 e. The smallest absolute Gasteiger partial charge is 0.425 e. The van der Waals surface area contributed by atoms with Crippen molar-refractivity contribution < 1.29 is 27.4 Å². The molecule has 0 fully saturated rings. The number of nitrogens with zero attached hydrogens (tertiary/aromatic N) is 4. The lowest BCUT2D eigenvalue weighted by Gasteiger charge is -2.20. The first-order chi connectivity index (χ1) is 20.5. The fraction of sp³-hybridized carbons (Fsp3) is 0.281. The van der Waals surface area contributed by atoms with Crippen LogP contribution in [0.5, 0.6) is 17.4 Å². The predicted octanol–water partition coefficient (Wildman–Crippen LogP) is 7.06. The predicted molar refractivity (Wildman–Crippen MR) is 156 cm³/mol. The molecule has 1 atom stereocenters. The van der Waals surface area contributed by atoms with Gasteiger partial charge in [-0.2, -0.15) is 17.9 Å². The van der Waals surface area contributed by atoms with Gasteiger partial charge in [-0.15, -0.1) is 5.10 Å². The first kappa shape index (κ1) is 29.8. The number of rotatable bonds is 10. The molecular weight excluding hydrogens is 561 g/mol. The van der Waals surface area contributed by atoms with Gasteiger partial charge in [-0.05, 0) is 68.0 Å². The number of benzene rings is 3. The van der Waals surface area contributed by atoms with Crippen molar-refractivity contribution in [1.82, 2.24) is 19.3 Å². The molecule has 11 heteroatoms. The molecule has 0 unspecified atom stereocenters. The van der Waals surface area contributed by atoms with Gasteiger partial charge in [-0.3, -0.25) is 4.57 Å². The van der Waals surface area contributed by atoms with Crippen molar-refractivity contribution in [3.63, 3.8) is 0 Å². The van der Waals surface area contributed by atoms with Gasteiger partial charge in [0.15, 0.2) is 11.9 Å². The number of hydrogen-bond donors (Lipinski definition) is 0. The zero-order valence-electron chi connectivity index (χ0n) is 24.2. The Morgan fingerprint density at radius 2 is 1.72 bits per heavy atom. The third-order valence-electron chi connectivity index (χ3n) is 6.93. The zero-order chi connectivity index (χ0) is 30.7. The molecule has 2 aromatic heterocycles. The summed E-state index contributed by atoms with van der Waals surface area (Å²) in [6, 6.07) is 19.8. The minimum atomic E-state index is -4.64. The molecule has 3 aromatic carbocycles. The van der Waals surface area contributed by atoms with Crippen molar-refractivity contribution in [2.45, 2.75) is 59.7 Å². The fourth-order valence-corrected chi connectivity index (χ4v) is 4.57. The number of alkyl halides is 3. The molecule has 2 heterocycles. The highest BCUT2D eigenvalue weighted by Crippen LogP contribution is 2.39. The summed E-state index contributed by atoms with van der Waals surface area (Å²) >= 11 is 0. The largest absolute Gasteiger partial charge is 0.480 e. The second-order valence-corrected chi connectivity index (χ2v) is 10.2. The maximum absolute atomic E-state index is 13.7. The molecule has 0 saturated heterocycles. The molecule has 5 rings (SSSR count). The van der Waals surface area contributed by atoms with Crippen LogP contribution in [0, 0.1) is 13.8 Å². The summed E-state index contributed by atoms with van der Waals surface area (Å²) in [5.41, 5.74) is 2.50. The number of halogens is 3. The van der Waals surface area contributed by atoms with Crippen LogP contribution in [-0.4, -0.2) is 31.6 Å². The van der Waals surface area contributed by atoms with E-state index < -0.39 is 18.0 Å². The van der Waals surface area contributed by atoms with E-state index in [1.54, 1.807) is 19.1 Å². The summed E-state index contributed by atoms with van der Waals surface area (Å²) in [4.78, 5) is 17.7. The minimum absolute atomic E-state index is 0.0603. The first-order valence-corrected chi connectivity index (χ1v) is 13.8.